The Balaban J connectivity index is 2.39. The van der Waals surface area contributed by atoms with E-state index in [-0.39, 0.29) is 5.78 Å². The van der Waals surface area contributed by atoms with Gasteiger partial charge >= 0.3 is 0 Å². The number of rotatable bonds is 7. The highest BCUT2D eigenvalue weighted by Crippen LogP contribution is 2.17. The first-order valence-corrected chi connectivity index (χ1v) is 6.99. The van der Waals surface area contributed by atoms with Crippen LogP contribution in [0.15, 0.2) is 0 Å². The van der Waals surface area contributed by atoms with Crippen molar-refractivity contribution in [1.29, 1.82) is 0 Å². The van der Waals surface area contributed by atoms with Crippen LogP contribution in [0.5, 0.6) is 0 Å². The number of hydrogen-bond acceptors (Lipinski definition) is 4. The highest BCUT2D eigenvalue weighted by molar-refractivity contribution is 6.29. The van der Waals surface area contributed by atoms with E-state index in [1.807, 2.05) is 13.8 Å². The molecule has 0 aromatic carbocycles. The second-order valence-electron chi connectivity index (χ2n) is 5.58. The van der Waals surface area contributed by atoms with Gasteiger partial charge in [0.1, 0.15) is 0 Å². The van der Waals surface area contributed by atoms with Crippen LogP contribution in [0.1, 0.15) is 40.0 Å². The van der Waals surface area contributed by atoms with Gasteiger partial charge in [-0.25, -0.2) is 0 Å². The zero-order chi connectivity index (χ0) is 13.6. The lowest BCUT2D eigenvalue weighted by Crippen LogP contribution is -2.58. The minimum absolute atomic E-state index is 0.318. The molecule has 4 heteroatoms. The predicted molar refractivity (Wildman–Crippen MR) is 72.7 cm³/mol. The maximum atomic E-state index is 11.6. The summed E-state index contributed by atoms with van der Waals surface area (Å²) in [6.07, 6.45) is 4.25. The molecule has 0 unspecified atom stereocenters. The molecule has 0 bridgehead atoms. The van der Waals surface area contributed by atoms with Gasteiger partial charge in [-0.15, -0.1) is 0 Å². The summed E-state index contributed by atoms with van der Waals surface area (Å²) in [5.74, 6) is -0.318. The van der Waals surface area contributed by atoms with Crippen LogP contribution in [0, 0.1) is 0 Å². The average Bonchev–Trinajstić information content (AvgIpc) is 2.38. The van der Waals surface area contributed by atoms with Gasteiger partial charge < -0.3 is 4.90 Å². The summed E-state index contributed by atoms with van der Waals surface area (Å²) in [5, 5.41) is 0. The molecule has 1 aliphatic heterocycles. The lowest BCUT2D eigenvalue weighted by Gasteiger charge is -2.42. The fourth-order valence-electron chi connectivity index (χ4n) is 2.42. The molecule has 1 saturated heterocycles. The molecule has 0 aromatic heterocycles. The first-order valence-electron chi connectivity index (χ1n) is 6.99. The third-order valence-electron chi connectivity index (χ3n) is 3.95. The van der Waals surface area contributed by atoms with E-state index in [1.54, 1.807) is 0 Å². The van der Waals surface area contributed by atoms with Crippen LogP contribution in [0.4, 0.5) is 0 Å². The third kappa shape index (κ3) is 3.89. The Kier molecular flexibility index (Phi) is 5.96. The second kappa shape index (κ2) is 7.00. The molecule has 0 saturated carbocycles. The van der Waals surface area contributed by atoms with Crippen LogP contribution in [0.2, 0.25) is 0 Å². The van der Waals surface area contributed by atoms with Crippen molar-refractivity contribution < 1.29 is 9.59 Å². The van der Waals surface area contributed by atoms with Crippen molar-refractivity contribution in [3.63, 3.8) is 0 Å². The maximum absolute atomic E-state index is 11.6. The number of hydrogen-bond donors (Lipinski definition) is 0. The Morgan fingerprint density at radius 1 is 1.17 bits per heavy atom. The fourth-order valence-corrected chi connectivity index (χ4v) is 2.42. The number of carbonyl (C=O) groups is 2. The van der Waals surface area contributed by atoms with E-state index in [0.717, 1.165) is 32.7 Å². The Labute approximate surface area is 110 Å². The van der Waals surface area contributed by atoms with E-state index in [9.17, 15) is 9.59 Å². The molecular formula is C14H26N2O2. The number of ketones is 1. The van der Waals surface area contributed by atoms with Crippen molar-refractivity contribution in [1.82, 2.24) is 9.80 Å². The minimum Gasteiger partial charge on any atom is -0.301 e. The first kappa shape index (κ1) is 15.3. The van der Waals surface area contributed by atoms with E-state index < -0.39 is 5.54 Å². The Morgan fingerprint density at radius 2 is 1.78 bits per heavy atom. The Morgan fingerprint density at radius 3 is 2.28 bits per heavy atom. The molecule has 18 heavy (non-hydrogen) atoms. The molecule has 4 nitrogen and oxygen atoms in total. The van der Waals surface area contributed by atoms with E-state index in [1.165, 1.54) is 19.3 Å². The molecule has 1 heterocycles. The summed E-state index contributed by atoms with van der Waals surface area (Å²) in [7, 11) is 0. The SMILES string of the molecule is CCCCCN1CCN(C(C)(C)C(=O)C=O)CC1. The van der Waals surface area contributed by atoms with Crippen molar-refractivity contribution in [3.05, 3.63) is 0 Å². The van der Waals surface area contributed by atoms with Crippen LogP contribution in [-0.4, -0.2) is 60.1 Å². The molecule has 0 amide bonds. The standard InChI is InChI=1S/C14H26N2O2/c1-4-5-6-7-15-8-10-16(11-9-15)14(2,3)13(18)12-17/h12H,4-11H2,1-3H3. The van der Waals surface area contributed by atoms with Crippen molar-refractivity contribution in [2.24, 2.45) is 0 Å². The normalized spacial score (nSPS) is 18.8. The molecule has 1 rings (SSSR count). The van der Waals surface area contributed by atoms with Crippen molar-refractivity contribution in [2.45, 2.75) is 45.6 Å². The van der Waals surface area contributed by atoms with Crippen LogP contribution in [0.25, 0.3) is 0 Å². The van der Waals surface area contributed by atoms with Crippen LogP contribution < -0.4 is 0 Å². The van der Waals surface area contributed by atoms with Crippen LogP contribution in [-0.2, 0) is 9.59 Å². The van der Waals surface area contributed by atoms with E-state index in [4.69, 9.17) is 0 Å². The summed E-state index contributed by atoms with van der Waals surface area (Å²) in [6.45, 7) is 10.8. The van der Waals surface area contributed by atoms with Crippen LogP contribution >= 0.6 is 0 Å². The van der Waals surface area contributed by atoms with Gasteiger partial charge in [-0.2, -0.15) is 0 Å². The van der Waals surface area contributed by atoms with E-state index >= 15 is 0 Å². The topological polar surface area (TPSA) is 40.6 Å². The highest BCUT2D eigenvalue weighted by atomic mass is 16.2. The number of aldehydes is 1. The van der Waals surface area contributed by atoms with Crippen molar-refractivity contribution in [3.8, 4) is 0 Å². The van der Waals surface area contributed by atoms with Gasteiger partial charge in [0, 0.05) is 26.2 Å². The Hall–Kier alpha value is -0.740. The maximum Gasteiger partial charge on any atom is 0.214 e. The molecule has 0 atom stereocenters. The average molecular weight is 254 g/mol. The second-order valence-corrected chi connectivity index (χ2v) is 5.58. The van der Waals surface area contributed by atoms with Gasteiger partial charge in [-0.05, 0) is 26.8 Å². The van der Waals surface area contributed by atoms with Gasteiger partial charge in [-0.3, -0.25) is 14.5 Å². The summed E-state index contributed by atoms with van der Waals surface area (Å²) < 4.78 is 0. The molecule has 0 N–H and O–H groups in total. The minimum atomic E-state index is -0.642. The van der Waals surface area contributed by atoms with Crippen molar-refractivity contribution >= 4 is 12.1 Å². The molecule has 0 aliphatic carbocycles. The predicted octanol–water partition coefficient (Wildman–Crippen LogP) is 1.34. The zero-order valence-corrected chi connectivity index (χ0v) is 11.9. The molecule has 0 aromatic rings. The number of unbranched alkanes of at least 4 members (excludes halogenated alkanes) is 2. The number of Topliss-reactive ketones (excluding diaryl/α,β-unsaturated/α-hetero) is 1. The summed E-state index contributed by atoms with van der Waals surface area (Å²) in [6, 6.07) is 0. The summed E-state index contributed by atoms with van der Waals surface area (Å²) in [4.78, 5) is 26.8. The quantitative estimate of drug-likeness (QED) is 0.390. The zero-order valence-electron chi connectivity index (χ0n) is 11.9. The molecule has 0 radical (unpaired) electrons. The first-order chi connectivity index (χ1) is 8.52. The van der Waals surface area contributed by atoms with Gasteiger partial charge in [0.15, 0.2) is 6.29 Å². The molecule has 1 fully saturated rings. The van der Waals surface area contributed by atoms with E-state index in [0.29, 0.717) is 6.29 Å². The summed E-state index contributed by atoms with van der Waals surface area (Å²) in [5.41, 5.74) is -0.642. The largest absolute Gasteiger partial charge is 0.301 e. The number of carbonyl (C=O) groups excluding carboxylic acids is 2. The van der Waals surface area contributed by atoms with Gasteiger partial charge in [0.05, 0.1) is 5.54 Å². The molecule has 1 aliphatic rings. The molecule has 0 spiro atoms. The summed E-state index contributed by atoms with van der Waals surface area (Å²) >= 11 is 0. The Bertz CT molecular complexity index is 282. The fraction of sp³-hybridized carbons (Fsp3) is 0.857. The van der Waals surface area contributed by atoms with Crippen LogP contribution in [0.3, 0.4) is 0 Å². The lowest BCUT2D eigenvalue weighted by atomic mass is 9.96. The van der Waals surface area contributed by atoms with Crippen molar-refractivity contribution in [2.75, 3.05) is 32.7 Å². The number of piperazine rings is 1. The van der Waals surface area contributed by atoms with E-state index in [2.05, 4.69) is 16.7 Å². The van der Waals surface area contributed by atoms with Gasteiger partial charge in [0.25, 0.3) is 0 Å². The highest BCUT2D eigenvalue weighted by Gasteiger charge is 2.35. The van der Waals surface area contributed by atoms with Gasteiger partial charge in [0.2, 0.25) is 5.78 Å². The third-order valence-corrected chi connectivity index (χ3v) is 3.95. The number of nitrogens with zero attached hydrogens (tertiary/aromatic N) is 2. The molecule has 104 valence electrons. The monoisotopic (exact) mass is 254 g/mol. The lowest BCUT2D eigenvalue weighted by molar-refractivity contribution is -0.138. The smallest absolute Gasteiger partial charge is 0.214 e. The molecular weight excluding hydrogens is 228 g/mol. The van der Waals surface area contributed by atoms with Gasteiger partial charge in [-0.1, -0.05) is 19.8 Å².